The van der Waals surface area contributed by atoms with Crippen LogP contribution in [0, 0.1) is 5.82 Å². The van der Waals surface area contributed by atoms with Crippen molar-refractivity contribution < 1.29 is 23.4 Å². The molecule has 0 aromatic heterocycles. The van der Waals surface area contributed by atoms with Crippen LogP contribution in [0.25, 0.3) is 6.08 Å². The zero-order chi connectivity index (χ0) is 21.5. The fourth-order valence-corrected chi connectivity index (χ4v) is 4.11. The third-order valence-electron chi connectivity index (χ3n) is 4.30. The molecule has 0 aliphatic carbocycles. The highest BCUT2D eigenvalue weighted by atomic mass is 32.2. The van der Waals surface area contributed by atoms with Gasteiger partial charge in [0.2, 0.25) is 0 Å². The van der Waals surface area contributed by atoms with Crippen LogP contribution in [0.3, 0.4) is 0 Å². The molecule has 2 aromatic rings. The molecule has 0 atom stereocenters. The highest BCUT2D eigenvalue weighted by Crippen LogP contribution is 2.35. The van der Waals surface area contributed by atoms with Crippen LogP contribution in [-0.4, -0.2) is 42.0 Å². The quantitative estimate of drug-likeness (QED) is 0.412. The number of hydrogen-bond acceptors (Lipinski definition) is 6. The Hall–Kier alpha value is -2.42. The second kappa shape index (κ2) is 10.6. The van der Waals surface area contributed by atoms with Crippen molar-refractivity contribution >= 4 is 40.3 Å². The SMILES string of the molecule is CCOc1cc(C=C2SC(=S)N(CCOC)C2=O)ccc1OCc1ccccc1F. The van der Waals surface area contributed by atoms with E-state index in [1.165, 1.54) is 22.7 Å². The second-order valence-electron chi connectivity index (χ2n) is 6.35. The van der Waals surface area contributed by atoms with Crippen molar-refractivity contribution in [3.8, 4) is 11.5 Å². The Kier molecular flexibility index (Phi) is 7.84. The van der Waals surface area contributed by atoms with Gasteiger partial charge in [-0.15, -0.1) is 0 Å². The summed E-state index contributed by atoms with van der Waals surface area (Å²) in [4.78, 5) is 14.7. The van der Waals surface area contributed by atoms with Gasteiger partial charge < -0.3 is 14.2 Å². The Bertz CT molecular complexity index is 964. The summed E-state index contributed by atoms with van der Waals surface area (Å²) in [5.74, 6) is 0.574. The Morgan fingerprint density at radius 2 is 1.97 bits per heavy atom. The smallest absolute Gasteiger partial charge is 0.266 e. The minimum absolute atomic E-state index is 0.0876. The third kappa shape index (κ3) is 5.38. The largest absolute Gasteiger partial charge is 0.490 e. The number of benzene rings is 2. The molecule has 0 bridgehead atoms. The van der Waals surface area contributed by atoms with Gasteiger partial charge in [0.1, 0.15) is 16.7 Å². The predicted octanol–water partition coefficient (Wildman–Crippen LogP) is 4.65. The van der Waals surface area contributed by atoms with E-state index in [4.69, 9.17) is 26.4 Å². The number of amides is 1. The van der Waals surface area contributed by atoms with Gasteiger partial charge in [-0.1, -0.05) is 48.2 Å². The number of carbonyl (C=O) groups excluding carboxylic acids is 1. The van der Waals surface area contributed by atoms with Crippen molar-refractivity contribution in [1.82, 2.24) is 4.90 Å². The van der Waals surface area contributed by atoms with E-state index in [-0.39, 0.29) is 18.3 Å². The summed E-state index contributed by atoms with van der Waals surface area (Å²) in [6.07, 6.45) is 1.77. The van der Waals surface area contributed by atoms with E-state index in [0.29, 0.717) is 46.0 Å². The maximum absolute atomic E-state index is 13.8. The molecule has 3 rings (SSSR count). The van der Waals surface area contributed by atoms with E-state index in [1.807, 2.05) is 13.0 Å². The number of thioether (sulfide) groups is 1. The molecule has 158 valence electrons. The van der Waals surface area contributed by atoms with Crippen molar-refractivity contribution in [2.45, 2.75) is 13.5 Å². The minimum Gasteiger partial charge on any atom is -0.490 e. The van der Waals surface area contributed by atoms with Crippen LogP contribution in [-0.2, 0) is 16.1 Å². The average molecular weight is 448 g/mol. The normalized spacial score (nSPS) is 15.2. The van der Waals surface area contributed by atoms with E-state index < -0.39 is 0 Å². The summed E-state index contributed by atoms with van der Waals surface area (Å²) in [6.45, 7) is 3.24. The van der Waals surface area contributed by atoms with Gasteiger partial charge in [-0.25, -0.2) is 4.39 Å². The van der Waals surface area contributed by atoms with Crippen molar-refractivity contribution in [3.63, 3.8) is 0 Å². The van der Waals surface area contributed by atoms with E-state index in [9.17, 15) is 9.18 Å². The molecule has 0 saturated carbocycles. The number of halogens is 1. The first-order chi connectivity index (χ1) is 14.5. The minimum atomic E-state index is -0.317. The maximum atomic E-state index is 13.8. The molecule has 1 aliphatic heterocycles. The molecular weight excluding hydrogens is 425 g/mol. The third-order valence-corrected chi connectivity index (χ3v) is 5.68. The lowest BCUT2D eigenvalue weighted by atomic mass is 10.1. The Labute approximate surface area is 184 Å². The topological polar surface area (TPSA) is 48.0 Å². The maximum Gasteiger partial charge on any atom is 0.266 e. The molecule has 2 aromatic carbocycles. The van der Waals surface area contributed by atoms with Gasteiger partial charge in [-0.2, -0.15) is 0 Å². The zero-order valence-electron chi connectivity index (χ0n) is 16.7. The summed E-state index contributed by atoms with van der Waals surface area (Å²) in [5, 5.41) is 0. The summed E-state index contributed by atoms with van der Waals surface area (Å²) in [6, 6.07) is 11.8. The van der Waals surface area contributed by atoms with Crippen LogP contribution in [0.1, 0.15) is 18.1 Å². The number of methoxy groups -OCH3 is 1. The Morgan fingerprint density at radius 3 is 2.70 bits per heavy atom. The standard InChI is InChI=1S/C22H22FNO4S2/c1-3-27-19-12-15(13-20-21(25)24(10-11-26-2)22(29)30-20)8-9-18(19)28-14-16-6-4-5-7-17(16)23/h4-9,12-13H,3,10-11,14H2,1-2H3. The fraction of sp³-hybridized carbons (Fsp3) is 0.273. The van der Waals surface area contributed by atoms with E-state index >= 15 is 0 Å². The zero-order valence-corrected chi connectivity index (χ0v) is 18.4. The lowest BCUT2D eigenvalue weighted by Gasteiger charge is -2.13. The molecule has 5 nitrogen and oxygen atoms in total. The Morgan fingerprint density at radius 1 is 1.17 bits per heavy atom. The molecule has 1 fully saturated rings. The number of rotatable bonds is 9. The number of nitrogens with zero attached hydrogens (tertiary/aromatic N) is 1. The first kappa shape index (κ1) is 22.3. The first-order valence-corrected chi connectivity index (χ1v) is 10.6. The predicted molar refractivity (Wildman–Crippen MR) is 120 cm³/mol. The monoisotopic (exact) mass is 447 g/mol. The summed E-state index contributed by atoms with van der Waals surface area (Å²) in [7, 11) is 1.58. The van der Waals surface area contributed by atoms with E-state index in [0.717, 1.165) is 5.56 Å². The van der Waals surface area contributed by atoms with Gasteiger partial charge in [0.25, 0.3) is 5.91 Å². The van der Waals surface area contributed by atoms with Gasteiger partial charge in [0, 0.05) is 12.7 Å². The lowest BCUT2D eigenvalue weighted by molar-refractivity contribution is -0.122. The summed E-state index contributed by atoms with van der Waals surface area (Å²) in [5.41, 5.74) is 1.24. The molecule has 1 saturated heterocycles. The van der Waals surface area contributed by atoms with Crippen LogP contribution in [0.2, 0.25) is 0 Å². The van der Waals surface area contributed by atoms with Crippen molar-refractivity contribution in [3.05, 3.63) is 64.3 Å². The van der Waals surface area contributed by atoms with Crippen LogP contribution >= 0.6 is 24.0 Å². The van der Waals surface area contributed by atoms with E-state index in [1.54, 1.807) is 43.5 Å². The summed E-state index contributed by atoms with van der Waals surface area (Å²) >= 11 is 6.56. The number of ether oxygens (including phenoxy) is 3. The first-order valence-electron chi connectivity index (χ1n) is 9.40. The lowest BCUT2D eigenvalue weighted by Crippen LogP contribution is -2.31. The highest BCUT2D eigenvalue weighted by molar-refractivity contribution is 8.26. The number of thiocarbonyl (C=S) groups is 1. The fourth-order valence-electron chi connectivity index (χ4n) is 2.80. The van der Waals surface area contributed by atoms with Crippen LogP contribution in [0.4, 0.5) is 4.39 Å². The molecule has 1 amide bonds. The highest BCUT2D eigenvalue weighted by Gasteiger charge is 2.31. The van der Waals surface area contributed by atoms with Gasteiger partial charge in [-0.05, 0) is 36.8 Å². The molecule has 0 radical (unpaired) electrons. The molecule has 0 unspecified atom stereocenters. The van der Waals surface area contributed by atoms with Crippen molar-refractivity contribution in [2.24, 2.45) is 0 Å². The summed E-state index contributed by atoms with van der Waals surface area (Å²) < 4.78 is 30.9. The van der Waals surface area contributed by atoms with Gasteiger partial charge in [-0.3, -0.25) is 9.69 Å². The second-order valence-corrected chi connectivity index (χ2v) is 8.02. The van der Waals surface area contributed by atoms with Crippen LogP contribution in [0.15, 0.2) is 47.4 Å². The van der Waals surface area contributed by atoms with E-state index in [2.05, 4.69) is 0 Å². The number of carbonyl (C=O) groups is 1. The van der Waals surface area contributed by atoms with Gasteiger partial charge in [0.05, 0.1) is 24.7 Å². The molecule has 0 N–H and O–H groups in total. The van der Waals surface area contributed by atoms with Crippen molar-refractivity contribution in [1.29, 1.82) is 0 Å². The van der Waals surface area contributed by atoms with Crippen LogP contribution in [0.5, 0.6) is 11.5 Å². The van der Waals surface area contributed by atoms with Gasteiger partial charge >= 0.3 is 0 Å². The van der Waals surface area contributed by atoms with Crippen LogP contribution < -0.4 is 9.47 Å². The molecular formula is C22H22FNO4S2. The molecule has 30 heavy (non-hydrogen) atoms. The van der Waals surface area contributed by atoms with Gasteiger partial charge in [0.15, 0.2) is 11.5 Å². The number of hydrogen-bond donors (Lipinski definition) is 0. The Balaban J connectivity index is 1.78. The molecule has 0 spiro atoms. The molecule has 8 heteroatoms. The molecule has 1 aliphatic rings. The molecule has 1 heterocycles. The average Bonchev–Trinajstić information content (AvgIpc) is 2.99. The van der Waals surface area contributed by atoms with Crippen molar-refractivity contribution in [2.75, 3.05) is 26.9 Å².